The minimum atomic E-state index is -0.450. The lowest BCUT2D eigenvalue weighted by Crippen LogP contribution is -2.29. The maximum absolute atomic E-state index is 11.5. The first kappa shape index (κ1) is 18.4. The van der Waals surface area contributed by atoms with Crippen molar-refractivity contribution >= 4 is 11.9 Å². The number of Topliss-reactive ketones (excluding diaryl/α,β-unsaturated/α-hetero) is 1. The lowest BCUT2D eigenvalue weighted by atomic mass is 10.1. The summed E-state index contributed by atoms with van der Waals surface area (Å²) in [6.07, 6.45) is 5.77. The van der Waals surface area contributed by atoms with Gasteiger partial charge in [-0.3, -0.25) is 4.79 Å². The van der Waals surface area contributed by atoms with E-state index in [1.54, 1.807) is 12.2 Å². The summed E-state index contributed by atoms with van der Waals surface area (Å²) in [5.41, 5.74) is 0. The van der Waals surface area contributed by atoms with E-state index in [-0.39, 0.29) is 11.9 Å². The molecule has 114 valence electrons. The third-order valence-corrected chi connectivity index (χ3v) is 2.75. The van der Waals surface area contributed by atoms with E-state index in [4.69, 9.17) is 4.74 Å². The quantitative estimate of drug-likeness (QED) is 0.465. The fourth-order valence-corrected chi connectivity index (χ4v) is 1.70. The lowest BCUT2D eigenvalue weighted by molar-refractivity contribution is -0.119. The Morgan fingerprint density at radius 3 is 2.50 bits per heavy atom. The van der Waals surface area contributed by atoms with Crippen LogP contribution in [0.15, 0.2) is 25.3 Å². The van der Waals surface area contributed by atoms with Gasteiger partial charge in [0.25, 0.3) is 0 Å². The number of ether oxygens (including phenoxy) is 1. The Kier molecular flexibility index (Phi) is 10.4. The molecule has 0 aliphatic carbocycles. The molecule has 0 spiro atoms. The average molecular weight is 281 g/mol. The van der Waals surface area contributed by atoms with E-state index < -0.39 is 6.09 Å². The molecule has 0 aliphatic heterocycles. The van der Waals surface area contributed by atoms with E-state index in [9.17, 15) is 9.59 Å². The Bertz CT molecular complexity index is 324. The number of hydrogen-bond acceptors (Lipinski definition) is 3. The van der Waals surface area contributed by atoms with Gasteiger partial charge in [0.05, 0.1) is 0 Å². The Morgan fingerprint density at radius 2 is 1.95 bits per heavy atom. The summed E-state index contributed by atoms with van der Waals surface area (Å²) in [6.45, 7) is 11.8. The summed E-state index contributed by atoms with van der Waals surface area (Å²) in [7, 11) is 0. The highest BCUT2D eigenvalue weighted by Gasteiger charge is 2.12. The summed E-state index contributed by atoms with van der Waals surface area (Å²) >= 11 is 0. The van der Waals surface area contributed by atoms with Crippen LogP contribution >= 0.6 is 0 Å². The zero-order valence-electron chi connectivity index (χ0n) is 12.7. The Labute approximate surface area is 122 Å². The zero-order valence-corrected chi connectivity index (χ0v) is 12.7. The molecule has 0 aliphatic rings. The van der Waals surface area contributed by atoms with Crippen LogP contribution in [0.4, 0.5) is 4.79 Å². The SMILES string of the molecule is C=CCCC(=O)CCCNC(=O)OC(C=C)CC(C)C. The minimum Gasteiger partial charge on any atom is -0.442 e. The van der Waals surface area contributed by atoms with Crippen LogP contribution in [0.2, 0.25) is 0 Å². The number of amides is 1. The molecule has 0 aromatic carbocycles. The van der Waals surface area contributed by atoms with Gasteiger partial charge in [-0.05, 0) is 25.2 Å². The summed E-state index contributed by atoms with van der Waals surface area (Å²) in [4.78, 5) is 22.9. The highest BCUT2D eigenvalue weighted by atomic mass is 16.6. The van der Waals surface area contributed by atoms with Crippen molar-refractivity contribution in [1.82, 2.24) is 5.32 Å². The first-order valence-electron chi connectivity index (χ1n) is 7.19. The zero-order chi connectivity index (χ0) is 15.4. The number of hydrogen-bond donors (Lipinski definition) is 1. The third kappa shape index (κ3) is 10.4. The van der Waals surface area contributed by atoms with E-state index in [2.05, 4.69) is 32.3 Å². The number of carbonyl (C=O) groups is 2. The molecule has 0 aromatic heterocycles. The van der Waals surface area contributed by atoms with Gasteiger partial charge in [0, 0.05) is 19.4 Å². The van der Waals surface area contributed by atoms with Gasteiger partial charge in [0.15, 0.2) is 0 Å². The fraction of sp³-hybridized carbons (Fsp3) is 0.625. The number of alkyl carbamates (subject to hydrolysis) is 1. The van der Waals surface area contributed by atoms with Crippen LogP contribution in [0.5, 0.6) is 0 Å². The van der Waals surface area contributed by atoms with Crippen molar-refractivity contribution in [1.29, 1.82) is 0 Å². The van der Waals surface area contributed by atoms with Gasteiger partial charge in [0.1, 0.15) is 11.9 Å². The molecule has 4 heteroatoms. The monoisotopic (exact) mass is 281 g/mol. The molecular formula is C16H27NO3. The molecule has 0 radical (unpaired) electrons. The fourth-order valence-electron chi connectivity index (χ4n) is 1.70. The molecule has 0 saturated carbocycles. The predicted octanol–water partition coefficient (Wildman–Crippen LogP) is 3.63. The molecule has 0 bridgehead atoms. The van der Waals surface area contributed by atoms with Gasteiger partial charge >= 0.3 is 6.09 Å². The summed E-state index contributed by atoms with van der Waals surface area (Å²) in [5, 5.41) is 2.65. The van der Waals surface area contributed by atoms with Crippen molar-refractivity contribution < 1.29 is 14.3 Å². The lowest BCUT2D eigenvalue weighted by Gasteiger charge is -2.16. The Hall–Kier alpha value is -1.58. The first-order chi connectivity index (χ1) is 9.49. The minimum absolute atomic E-state index is 0.198. The van der Waals surface area contributed by atoms with E-state index in [1.165, 1.54) is 0 Å². The molecule has 1 amide bonds. The molecule has 0 saturated heterocycles. The summed E-state index contributed by atoms with van der Waals surface area (Å²) < 4.78 is 5.22. The third-order valence-electron chi connectivity index (χ3n) is 2.75. The maximum Gasteiger partial charge on any atom is 0.407 e. The van der Waals surface area contributed by atoms with Crippen LogP contribution in [-0.4, -0.2) is 24.5 Å². The van der Waals surface area contributed by atoms with Crippen molar-refractivity contribution in [2.75, 3.05) is 6.54 Å². The van der Waals surface area contributed by atoms with Crippen molar-refractivity contribution in [2.24, 2.45) is 5.92 Å². The van der Waals surface area contributed by atoms with Crippen LogP contribution in [0.3, 0.4) is 0 Å². The van der Waals surface area contributed by atoms with Gasteiger partial charge in [-0.2, -0.15) is 0 Å². The van der Waals surface area contributed by atoms with Crippen LogP contribution < -0.4 is 5.32 Å². The molecule has 0 fully saturated rings. The van der Waals surface area contributed by atoms with Gasteiger partial charge in [-0.15, -0.1) is 6.58 Å². The number of carbonyl (C=O) groups excluding carboxylic acids is 2. The topological polar surface area (TPSA) is 55.4 Å². The van der Waals surface area contributed by atoms with Gasteiger partial charge in [-0.1, -0.05) is 32.6 Å². The standard InChI is InChI=1S/C16H27NO3/c1-5-7-9-14(18)10-8-11-17-16(19)20-15(6-2)12-13(3)4/h5-6,13,15H,1-2,7-12H2,3-4H3,(H,17,19). The van der Waals surface area contributed by atoms with Crippen LogP contribution in [0.25, 0.3) is 0 Å². The predicted molar refractivity (Wildman–Crippen MR) is 81.6 cm³/mol. The van der Waals surface area contributed by atoms with Crippen LogP contribution in [0.1, 0.15) is 46.0 Å². The van der Waals surface area contributed by atoms with E-state index in [0.717, 1.165) is 6.42 Å². The average Bonchev–Trinajstić information content (AvgIpc) is 2.40. The molecule has 0 aromatic rings. The molecule has 0 heterocycles. The molecule has 4 nitrogen and oxygen atoms in total. The second kappa shape index (κ2) is 11.3. The number of ketones is 1. The highest BCUT2D eigenvalue weighted by molar-refractivity contribution is 5.78. The van der Waals surface area contributed by atoms with Gasteiger partial charge < -0.3 is 10.1 Å². The Balaban J connectivity index is 3.74. The van der Waals surface area contributed by atoms with Crippen LogP contribution in [0, 0.1) is 5.92 Å². The molecule has 1 unspecified atom stereocenters. The van der Waals surface area contributed by atoms with E-state index in [0.29, 0.717) is 38.1 Å². The second-order valence-corrected chi connectivity index (χ2v) is 5.21. The molecule has 1 N–H and O–H groups in total. The number of rotatable bonds is 11. The molecule has 1 atom stereocenters. The van der Waals surface area contributed by atoms with Crippen molar-refractivity contribution in [3.8, 4) is 0 Å². The largest absolute Gasteiger partial charge is 0.442 e. The van der Waals surface area contributed by atoms with Crippen molar-refractivity contribution in [3.63, 3.8) is 0 Å². The number of nitrogens with one attached hydrogen (secondary N) is 1. The molecule has 0 rings (SSSR count). The first-order valence-corrected chi connectivity index (χ1v) is 7.19. The maximum atomic E-state index is 11.5. The van der Waals surface area contributed by atoms with Crippen LogP contribution in [-0.2, 0) is 9.53 Å². The summed E-state index contributed by atoms with van der Waals surface area (Å²) in [6, 6.07) is 0. The van der Waals surface area contributed by atoms with Crippen molar-refractivity contribution in [3.05, 3.63) is 25.3 Å². The Morgan fingerprint density at radius 1 is 1.25 bits per heavy atom. The summed E-state index contributed by atoms with van der Waals surface area (Å²) in [5.74, 6) is 0.636. The van der Waals surface area contributed by atoms with Gasteiger partial charge in [-0.25, -0.2) is 4.79 Å². The second-order valence-electron chi connectivity index (χ2n) is 5.21. The van der Waals surface area contributed by atoms with E-state index >= 15 is 0 Å². The molecular weight excluding hydrogens is 254 g/mol. The smallest absolute Gasteiger partial charge is 0.407 e. The highest BCUT2D eigenvalue weighted by Crippen LogP contribution is 2.09. The van der Waals surface area contributed by atoms with E-state index in [1.807, 2.05) is 0 Å². The molecule has 20 heavy (non-hydrogen) atoms. The van der Waals surface area contributed by atoms with Crippen molar-refractivity contribution in [2.45, 2.75) is 52.1 Å². The normalized spacial score (nSPS) is 11.8. The number of allylic oxidation sites excluding steroid dienone is 1. The van der Waals surface area contributed by atoms with Gasteiger partial charge in [0.2, 0.25) is 0 Å².